The molecule has 1 aromatic carbocycles. The van der Waals surface area contributed by atoms with Crippen LogP contribution in [0.4, 0.5) is 0 Å². The Morgan fingerprint density at radius 1 is 1.29 bits per heavy atom. The van der Waals surface area contributed by atoms with Crippen LogP contribution in [0.5, 0.6) is 0 Å². The van der Waals surface area contributed by atoms with Gasteiger partial charge in [-0.05, 0) is 19.0 Å². The Hall–Kier alpha value is -1.30. The summed E-state index contributed by atoms with van der Waals surface area (Å²) in [6, 6.07) is 10.4. The summed E-state index contributed by atoms with van der Waals surface area (Å²) in [5.41, 5.74) is 1.18. The van der Waals surface area contributed by atoms with E-state index in [4.69, 9.17) is 11.2 Å². The van der Waals surface area contributed by atoms with Crippen LogP contribution >= 0.6 is 0 Å². The van der Waals surface area contributed by atoms with Crippen LogP contribution in [0, 0.1) is 12.3 Å². The highest BCUT2D eigenvalue weighted by atomic mass is 16.5. The van der Waals surface area contributed by atoms with Crippen LogP contribution < -0.4 is 5.32 Å². The molecule has 92 valence electrons. The highest BCUT2D eigenvalue weighted by molar-refractivity contribution is 5.20. The predicted octanol–water partition coefficient (Wildman–Crippen LogP) is 2.77. The van der Waals surface area contributed by atoms with Crippen molar-refractivity contribution in [1.29, 1.82) is 0 Å². The molecular weight excluding hydrogens is 210 g/mol. The van der Waals surface area contributed by atoms with E-state index < -0.39 is 0 Å². The largest absolute Gasteiger partial charge is 0.372 e. The van der Waals surface area contributed by atoms with Crippen molar-refractivity contribution < 1.29 is 4.74 Å². The smallest absolute Gasteiger partial charge is 0.0986 e. The maximum atomic E-state index is 5.84. The van der Waals surface area contributed by atoms with Crippen molar-refractivity contribution in [1.82, 2.24) is 5.32 Å². The minimum atomic E-state index is 0.0252. The summed E-state index contributed by atoms with van der Waals surface area (Å²) in [5, 5.41) is 3.40. The SMILES string of the molecule is C#CCC(NCC)C(OCC)c1ccccc1. The van der Waals surface area contributed by atoms with Crippen molar-refractivity contribution in [2.75, 3.05) is 13.2 Å². The van der Waals surface area contributed by atoms with Gasteiger partial charge < -0.3 is 10.1 Å². The molecule has 0 saturated carbocycles. The topological polar surface area (TPSA) is 21.3 Å². The number of hydrogen-bond acceptors (Lipinski definition) is 2. The maximum Gasteiger partial charge on any atom is 0.0986 e. The van der Waals surface area contributed by atoms with Crippen LogP contribution in [0.15, 0.2) is 30.3 Å². The zero-order valence-electron chi connectivity index (χ0n) is 10.6. The highest BCUT2D eigenvalue weighted by Crippen LogP contribution is 2.22. The molecule has 0 bridgehead atoms. The van der Waals surface area contributed by atoms with Crippen molar-refractivity contribution in [3.8, 4) is 12.3 Å². The van der Waals surface area contributed by atoms with Crippen molar-refractivity contribution in [2.24, 2.45) is 0 Å². The van der Waals surface area contributed by atoms with E-state index in [1.165, 1.54) is 5.56 Å². The number of benzene rings is 1. The molecule has 0 aromatic heterocycles. The van der Waals surface area contributed by atoms with Gasteiger partial charge in [0.15, 0.2) is 0 Å². The van der Waals surface area contributed by atoms with E-state index in [-0.39, 0.29) is 12.1 Å². The molecule has 2 atom stereocenters. The molecule has 0 aliphatic carbocycles. The first-order valence-electron chi connectivity index (χ1n) is 6.16. The van der Waals surface area contributed by atoms with Gasteiger partial charge in [0.1, 0.15) is 0 Å². The first-order chi connectivity index (χ1) is 8.33. The van der Waals surface area contributed by atoms with Gasteiger partial charge in [0.25, 0.3) is 0 Å². The quantitative estimate of drug-likeness (QED) is 0.729. The molecule has 2 unspecified atom stereocenters. The Balaban J connectivity index is 2.86. The average Bonchev–Trinajstić information content (AvgIpc) is 2.37. The number of rotatable bonds is 7. The number of ether oxygens (including phenoxy) is 1. The fourth-order valence-corrected chi connectivity index (χ4v) is 1.94. The lowest BCUT2D eigenvalue weighted by molar-refractivity contribution is 0.0349. The normalized spacial score (nSPS) is 13.9. The van der Waals surface area contributed by atoms with Crippen LogP contribution in [-0.4, -0.2) is 19.2 Å². The predicted molar refractivity (Wildman–Crippen MR) is 71.7 cm³/mol. The molecule has 0 saturated heterocycles. The second-order valence-corrected chi connectivity index (χ2v) is 3.86. The second-order valence-electron chi connectivity index (χ2n) is 3.86. The van der Waals surface area contributed by atoms with Crippen molar-refractivity contribution in [2.45, 2.75) is 32.4 Å². The fourth-order valence-electron chi connectivity index (χ4n) is 1.94. The van der Waals surface area contributed by atoms with Crippen molar-refractivity contribution >= 4 is 0 Å². The van der Waals surface area contributed by atoms with Gasteiger partial charge in [0.05, 0.1) is 6.10 Å². The Labute approximate surface area is 104 Å². The van der Waals surface area contributed by atoms with Crippen molar-refractivity contribution in [3.63, 3.8) is 0 Å². The third kappa shape index (κ3) is 4.22. The van der Waals surface area contributed by atoms with Gasteiger partial charge in [-0.3, -0.25) is 0 Å². The van der Waals surface area contributed by atoms with Gasteiger partial charge in [-0.2, -0.15) is 0 Å². The summed E-state index contributed by atoms with van der Waals surface area (Å²) in [5.74, 6) is 2.72. The first kappa shape index (κ1) is 13.8. The molecular formula is C15H21NO. The van der Waals surface area contributed by atoms with Gasteiger partial charge in [0, 0.05) is 19.1 Å². The molecule has 2 heteroatoms. The molecule has 1 rings (SSSR count). The Bertz CT molecular complexity index is 342. The molecule has 0 spiro atoms. The highest BCUT2D eigenvalue weighted by Gasteiger charge is 2.21. The third-order valence-corrected chi connectivity index (χ3v) is 2.64. The lowest BCUT2D eigenvalue weighted by atomic mass is 9.99. The van der Waals surface area contributed by atoms with Gasteiger partial charge in [-0.1, -0.05) is 37.3 Å². The summed E-state index contributed by atoms with van der Waals surface area (Å²) in [6.45, 7) is 5.67. The van der Waals surface area contributed by atoms with Crippen molar-refractivity contribution in [3.05, 3.63) is 35.9 Å². The van der Waals surface area contributed by atoms with Crippen LogP contribution in [0.2, 0.25) is 0 Å². The number of hydrogen-bond donors (Lipinski definition) is 1. The zero-order valence-corrected chi connectivity index (χ0v) is 10.6. The zero-order chi connectivity index (χ0) is 12.5. The molecule has 1 aromatic rings. The van der Waals surface area contributed by atoms with Gasteiger partial charge in [-0.25, -0.2) is 0 Å². The molecule has 0 fully saturated rings. The van der Waals surface area contributed by atoms with E-state index in [1.54, 1.807) is 0 Å². The molecule has 0 aliphatic rings. The van der Waals surface area contributed by atoms with E-state index in [9.17, 15) is 0 Å². The van der Waals surface area contributed by atoms with E-state index in [2.05, 4.69) is 30.3 Å². The molecule has 17 heavy (non-hydrogen) atoms. The minimum absolute atomic E-state index is 0.0252. The Morgan fingerprint density at radius 2 is 2.00 bits per heavy atom. The van der Waals surface area contributed by atoms with Gasteiger partial charge in [0.2, 0.25) is 0 Å². The maximum absolute atomic E-state index is 5.84. The second kappa shape index (κ2) is 7.89. The van der Waals surface area contributed by atoms with Crippen LogP contribution in [0.1, 0.15) is 31.9 Å². The van der Waals surface area contributed by atoms with E-state index in [1.807, 2.05) is 25.1 Å². The third-order valence-electron chi connectivity index (χ3n) is 2.64. The van der Waals surface area contributed by atoms with Crippen LogP contribution in [-0.2, 0) is 4.74 Å². The molecule has 0 amide bonds. The van der Waals surface area contributed by atoms with Gasteiger partial charge >= 0.3 is 0 Å². The summed E-state index contributed by atoms with van der Waals surface area (Å²) in [7, 11) is 0. The lowest BCUT2D eigenvalue weighted by Gasteiger charge is -2.26. The molecule has 2 nitrogen and oxygen atoms in total. The number of terminal acetylenes is 1. The molecule has 0 radical (unpaired) electrons. The number of nitrogens with one attached hydrogen (secondary N) is 1. The van der Waals surface area contributed by atoms with Crippen LogP contribution in [0.25, 0.3) is 0 Å². The Kier molecular flexibility index (Phi) is 6.39. The summed E-state index contributed by atoms with van der Waals surface area (Å²) >= 11 is 0. The first-order valence-corrected chi connectivity index (χ1v) is 6.16. The molecule has 1 N–H and O–H groups in total. The van der Waals surface area contributed by atoms with E-state index in [0.29, 0.717) is 13.0 Å². The standard InChI is InChI=1S/C15H21NO/c1-4-10-14(16-5-2)15(17-6-3)13-11-8-7-9-12-13/h1,7-9,11-12,14-16H,5-6,10H2,2-3H3. The summed E-state index contributed by atoms with van der Waals surface area (Å²) in [6.07, 6.45) is 6.13. The average molecular weight is 231 g/mol. The fraction of sp³-hybridized carbons (Fsp3) is 0.467. The summed E-state index contributed by atoms with van der Waals surface area (Å²) in [4.78, 5) is 0. The van der Waals surface area contributed by atoms with Crippen LogP contribution in [0.3, 0.4) is 0 Å². The molecule has 0 aliphatic heterocycles. The Morgan fingerprint density at radius 3 is 2.53 bits per heavy atom. The monoisotopic (exact) mass is 231 g/mol. The molecule has 0 heterocycles. The minimum Gasteiger partial charge on any atom is -0.372 e. The van der Waals surface area contributed by atoms with E-state index in [0.717, 1.165) is 6.54 Å². The summed E-state index contributed by atoms with van der Waals surface area (Å²) < 4.78 is 5.84. The number of likely N-dealkylation sites (N-methyl/N-ethyl adjacent to an activating group) is 1. The van der Waals surface area contributed by atoms with E-state index >= 15 is 0 Å². The lowest BCUT2D eigenvalue weighted by Crippen LogP contribution is -2.36. The van der Waals surface area contributed by atoms with Gasteiger partial charge in [-0.15, -0.1) is 12.3 Å².